The number of aryl methyl sites for hydroxylation is 2. The van der Waals surface area contributed by atoms with Crippen molar-refractivity contribution in [3.05, 3.63) is 72.3 Å². The molecule has 124 valence electrons. The summed E-state index contributed by atoms with van der Waals surface area (Å²) in [7, 11) is 1.88. The van der Waals surface area contributed by atoms with E-state index >= 15 is 0 Å². The number of hydrogen-bond acceptors (Lipinski definition) is 3. The molecule has 3 heterocycles. The third-order valence-electron chi connectivity index (χ3n) is 4.14. The Hall–Kier alpha value is -3.41. The van der Waals surface area contributed by atoms with Crippen LogP contribution in [0.3, 0.4) is 0 Å². The average molecular weight is 331 g/mol. The number of pyridine rings is 1. The van der Waals surface area contributed by atoms with Crippen molar-refractivity contribution in [1.82, 2.24) is 19.2 Å². The molecule has 0 aliphatic heterocycles. The first-order chi connectivity index (χ1) is 12.1. The second kappa shape index (κ2) is 5.90. The van der Waals surface area contributed by atoms with E-state index in [4.69, 9.17) is 0 Å². The van der Waals surface area contributed by atoms with Gasteiger partial charge < -0.3 is 5.32 Å². The second-order valence-electron chi connectivity index (χ2n) is 5.93. The molecule has 0 aliphatic carbocycles. The van der Waals surface area contributed by atoms with Gasteiger partial charge in [0.15, 0.2) is 0 Å². The molecule has 0 spiro atoms. The zero-order valence-corrected chi connectivity index (χ0v) is 14.0. The Morgan fingerprint density at radius 1 is 1.12 bits per heavy atom. The monoisotopic (exact) mass is 331 g/mol. The molecule has 0 saturated carbocycles. The van der Waals surface area contributed by atoms with E-state index in [0.29, 0.717) is 5.69 Å². The van der Waals surface area contributed by atoms with Crippen molar-refractivity contribution in [3.63, 3.8) is 0 Å². The lowest BCUT2D eigenvalue weighted by Crippen LogP contribution is -2.15. The van der Waals surface area contributed by atoms with Gasteiger partial charge in [-0.15, -0.1) is 0 Å². The van der Waals surface area contributed by atoms with Crippen LogP contribution in [0.25, 0.3) is 16.9 Å². The van der Waals surface area contributed by atoms with Crippen LogP contribution < -0.4 is 5.32 Å². The number of aromatic nitrogens is 4. The van der Waals surface area contributed by atoms with Gasteiger partial charge in [-0.2, -0.15) is 5.10 Å². The number of nitrogens with zero attached hydrogens (tertiary/aromatic N) is 4. The van der Waals surface area contributed by atoms with Crippen molar-refractivity contribution < 1.29 is 4.79 Å². The molecule has 1 N–H and O–H groups in total. The van der Waals surface area contributed by atoms with Gasteiger partial charge in [0.1, 0.15) is 11.3 Å². The molecule has 0 saturated heterocycles. The predicted octanol–water partition coefficient (Wildman–Crippen LogP) is 3.30. The second-order valence-corrected chi connectivity index (χ2v) is 5.93. The van der Waals surface area contributed by atoms with E-state index < -0.39 is 0 Å². The average Bonchev–Trinajstić information content (AvgIpc) is 3.23. The summed E-state index contributed by atoms with van der Waals surface area (Å²) in [4.78, 5) is 17.0. The fourth-order valence-corrected chi connectivity index (χ4v) is 2.77. The SMILES string of the molecule is Cc1ccc(-c2ccn(C)n2)cc1NC(=O)c1cnc2ccccn12. The number of benzene rings is 1. The maximum absolute atomic E-state index is 12.7. The molecular formula is C19H17N5O. The third kappa shape index (κ3) is 2.78. The zero-order chi connectivity index (χ0) is 17.4. The van der Waals surface area contributed by atoms with E-state index in [1.807, 2.05) is 68.8 Å². The highest BCUT2D eigenvalue weighted by atomic mass is 16.1. The van der Waals surface area contributed by atoms with Crippen LogP contribution in [0.15, 0.2) is 61.1 Å². The molecule has 3 aromatic heterocycles. The molecular weight excluding hydrogens is 314 g/mol. The number of hydrogen-bond donors (Lipinski definition) is 1. The van der Waals surface area contributed by atoms with Crippen molar-refractivity contribution in [3.8, 4) is 11.3 Å². The molecule has 6 heteroatoms. The molecule has 4 aromatic rings. The van der Waals surface area contributed by atoms with Crippen molar-refractivity contribution in [1.29, 1.82) is 0 Å². The molecule has 6 nitrogen and oxygen atoms in total. The molecule has 0 bridgehead atoms. The van der Waals surface area contributed by atoms with Gasteiger partial charge in [0, 0.05) is 30.7 Å². The predicted molar refractivity (Wildman–Crippen MR) is 96.5 cm³/mol. The fourth-order valence-electron chi connectivity index (χ4n) is 2.77. The summed E-state index contributed by atoms with van der Waals surface area (Å²) in [6.07, 6.45) is 5.31. The number of carbonyl (C=O) groups excluding carboxylic acids is 1. The van der Waals surface area contributed by atoms with Crippen LogP contribution in [0, 0.1) is 6.92 Å². The van der Waals surface area contributed by atoms with Crippen LogP contribution in [0.2, 0.25) is 0 Å². The number of amides is 1. The van der Waals surface area contributed by atoms with Crippen LogP contribution in [0.1, 0.15) is 16.1 Å². The summed E-state index contributed by atoms with van der Waals surface area (Å²) in [5.74, 6) is -0.194. The number of imidazole rings is 1. The highest BCUT2D eigenvalue weighted by Gasteiger charge is 2.14. The van der Waals surface area contributed by atoms with E-state index in [2.05, 4.69) is 15.4 Å². The first kappa shape index (κ1) is 15.1. The standard InChI is InChI=1S/C19H17N5O/c1-13-6-7-14(15-8-10-23(2)22-15)11-16(13)21-19(25)17-12-20-18-5-3-4-9-24(17)18/h3-12H,1-2H3,(H,21,25). The van der Waals surface area contributed by atoms with Crippen LogP contribution in [-0.4, -0.2) is 25.1 Å². The van der Waals surface area contributed by atoms with Crippen LogP contribution >= 0.6 is 0 Å². The van der Waals surface area contributed by atoms with Crippen molar-refractivity contribution in [2.75, 3.05) is 5.32 Å². The topological polar surface area (TPSA) is 64.2 Å². The number of anilines is 1. The van der Waals surface area contributed by atoms with E-state index in [1.165, 1.54) is 0 Å². The maximum Gasteiger partial charge on any atom is 0.274 e. The Balaban J connectivity index is 1.67. The van der Waals surface area contributed by atoms with E-state index in [0.717, 1.165) is 28.2 Å². The van der Waals surface area contributed by atoms with E-state index in [9.17, 15) is 4.79 Å². The number of rotatable bonds is 3. The Bertz CT molecular complexity index is 1080. The smallest absolute Gasteiger partial charge is 0.274 e. The minimum Gasteiger partial charge on any atom is -0.320 e. The van der Waals surface area contributed by atoms with Gasteiger partial charge in [-0.1, -0.05) is 18.2 Å². The lowest BCUT2D eigenvalue weighted by Gasteiger charge is -2.10. The third-order valence-corrected chi connectivity index (χ3v) is 4.14. The summed E-state index contributed by atoms with van der Waals surface area (Å²) in [6, 6.07) is 13.5. The van der Waals surface area contributed by atoms with Gasteiger partial charge in [0.25, 0.3) is 5.91 Å². The summed E-state index contributed by atoms with van der Waals surface area (Å²) in [6.45, 7) is 1.96. The normalized spacial score (nSPS) is 11.0. The Kier molecular flexibility index (Phi) is 3.57. The van der Waals surface area contributed by atoms with Gasteiger partial charge >= 0.3 is 0 Å². The number of fused-ring (bicyclic) bond motifs is 1. The highest BCUT2D eigenvalue weighted by Crippen LogP contribution is 2.24. The molecule has 1 amide bonds. The Morgan fingerprint density at radius 3 is 2.80 bits per heavy atom. The minimum atomic E-state index is -0.194. The van der Waals surface area contributed by atoms with Crippen LogP contribution in [-0.2, 0) is 7.05 Å². The van der Waals surface area contributed by atoms with Crippen LogP contribution in [0.4, 0.5) is 5.69 Å². The van der Waals surface area contributed by atoms with Gasteiger partial charge in [0.05, 0.1) is 11.9 Å². The lowest BCUT2D eigenvalue weighted by molar-refractivity contribution is 0.102. The largest absolute Gasteiger partial charge is 0.320 e. The van der Waals surface area contributed by atoms with Gasteiger partial charge in [-0.25, -0.2) is 4.98 Å². The number of nitrogens with one attached hydrogen (secondary N) is 1. The maximum atomic E-state index is 12.7. The zero-order valence-electron chi connectivity index (χ0n) is 14.0. The van der Waals surface area contributed by atoms with Crippen molar-refractivity contribution in [2.45, 2.75) is 6.92 Å². The van der Waals surface area contributed by atoms with Gasteiger partial charge in [-0.05, 0) is 36.8 Å². The summed E-state index contributed by atoms with van der Waals surface area (Å²) >= 11 is 0. The molecule has 0 radical (unpaired) electrons. The Morgan fingerprint density at radius 2 is 2.00 bits per heavy atom. The Labute approximate surface area is 144 Å². The molecule has 4 rings (SSSR count). The van der Waals surface area contributed by atoms with Crippen molar-refractivity contribution in [2.24, 2.45) is 7.05 Å². The first-order valence-electron chi connectivity index (χ1n) is 7.96. The van der Waals surface area contributed by atoms with Crippen molar-refractivity contribution >= 4 is 17.2 Å². The van der Waals surface area contributed by atoms with E-state index in [-0.39, 0.29) is 5.91 Å². The summed E-state index contributed by atoms with van der Waals surface area (Å²) in [5, 5.41) is 7.40. The van der Waals surface area contributed by atoms with Crippen LogP contribution in [0.5, 0.6) is 0 Å². The van der Waals surface area contributed by atoms with Gasteiger partial charge in [0.2, 0.25) is 0 Å². The minimum absolute atomic E-state index is 0.194. The number of carbonyl (C=O) groups is 1. The van der Waals surface area contributed by atoms with Gasteiger partial charge in [-0.3, -0.25) is 13.9 Å². The molecule has 0 aliphatic rings. The molecule has 0 unspecified atom stereocenters. The molecule has 0 fully saturated rings. The lowest BCUT2D eigenvalue weighted by atomic mass is 10.1. The molecule has 1 aromatic carbocycles. The highest BCUT2D eigenvalue weighted by molar-refractivity contribution is 6.04. The first-order valence-corrected chi connectivity index (χ1v) is 7.96. The molecule has 0 atom stereocenters. The summed E-state index contributed by atoms with van der Waals surface area (Å²) in [5.41, 5.74) is 4.82. The molecule has 25 heavy (non-hydrogen) atoms. The fraction of sp³-hybridized carbons (Fsp3) is 0.105. The summed E-state index contributed by atoms with van der Waals surface area (Å²) < 4.78 is 3.53. The quantitative estimate of drug-likeness (QED) is 0.626. The van der Waals surface area contributed by atoms with E-state index in [1.54, 1.807) is 15.3 Å².